The Bertz CT molecular complexity index is 116. The Morgan fingerprint density at radius 3 is 2.83 bits per heavy atom. The molecule has 0 aliphatic carbocycles. The van der Waals surface area contributed by atoms with Gasteiger partial charge in [-0.15, -0.1) is 0 Å². The fourth-order valence-corrected chi connectivity index (χ4v) is 1.08. The molecule has 1 heterocycles. The van der Waals surface area contributed by atoms with Crippen LogP contribution in [0.3, 0.4) is 0 Å². The van der Waals surface area contributed by atoms with Crippen molar-refractivity contribution in [3.05, 3.63) is 0 Å². The van der Waals surface area contributed by atoms with E-state index in [1.54, 1.807) is 6.29 Å². The van der Waals surface area contributed by atoms with Gasteiger partial charge >= 0.3 is 0 Å². The van der Waals surface area contributed by atoms with Crippen LogP contribution in [0, 0.1) is 0 Å². The van der Waals surface area contributed by atoms with Gasteiger partial charge in [0.2, 0.25) is 6.29 Å². The lowest BCUT2D eigenvalue weighted by molar-refractivity contribution is -0.520. The summed E-state index contributed by atoms with van der Waals surface area (Å²) in [5.74, 6) is 0. The topological polar surface area (TPSA) is 44.8 Å². The minimum absolute atomic E-state index is 0.519. The first-order valence-electron chi connectivity index (χ1n) is 4.26. The summed E-state index contributed by atoms with van der Waals surface area (Å²) in [6, 6.07) is 0. The van der Waals surface area contributed by atoms with Gasteiger partial charge in [-0.3, -0.25) is 4.79 Å². The second-order valence-electron chi connectivity index (χ2n) is 2.80. The van der Waals surface area contributed by atoms with E-state index in [1.807, 2.05) is 0 Å². The van der Waals surface area contributed by atoms with Crippen LogP contribution in [0.4, 0.5) is 0 Å². The summed E-state index contributed by atoms with van der Waals surface area (Å²) in [5.41, 5.74) is 0. The molecule has 0 aromatic carbocycles. The maximum atomic E-state index is 10.2. The monoisotopic (exact) mass is 173 g/mol. The Labute approximate surface area is 71.6 Å². The van der Waals surface area contributed by atoms with Gasteiger partial charge in [0, 0.05) is 0 Å². The maximum Gasteiger partial charge on any atom is 0.233 e. The molecule has 0 bridgehead atoms. The molecule has 1 rings (SSSR count). The molecule has 0 spiro atoms. The third kappa shape index (κ3) is 3.80. The predicted octanol–water partition coefficient (Wildman–Crippen LogP) is 1.31. The molecule has 4 heteroatoms. The standard InChI is InChI=1S/C8H13O4/c9-7-8-5-3-1-2-4-6-10-12-11-8/h8H,1-6H2. The van der Waals surface area contributed by atoms with Crippen LogP contribution in [0.5, 0.6) is 0 Å². The second-order valence-corrected chi connectivity index (χ2v) is 2.80. The van der Waals surface area contributed by atoms with E-state index in [1.165, 1.54) is 0 Å². The molecule has 0 N–H and O–H groups in total. The van der Waals surface area contributed by atoms with Crippen molar-refractivity contribution in [1.82, 2.24) is 0 Å². The average Bonchev–Trinajstić information content (AvgIpc) is 2.14. The van der Waals surface area contributed by atoms with Crippen LogP contribution in [0.15, 0.2) is 0 Å². The molecule has 1 unspecified atom stereocenters. The molecule has 1 fully saturated rings. The van der Waals surface area contributed by atoms with Gasteiger partial charge in [-0.2, -0.15) is 4.89 Å². The molecule has 4 nitrogen and oxygen atoms in total. The second kappa shape index (κ2) is 6.11. The molecule has 0 amide bonds. The zero-order valence-corrected chi connectivity index (χ0v) is 6.95. The zero-order chi connectivity index (χ0) is 8.65. The largest absolute Gasteiger partial charge is 0.288 e. The van der Waals surface area contributed by atoms with E-state index in [2.05, 4.69) is 14.8 Å². The molecule has 69 valence electrons. The molecule has 1 radical (unpaired) electrons. The first-order valence-corrected chi connectivity index (χ1v) is 4.26. The fraction of sp³-hybridized carbons (Fsp3) is 0.875. The molecule has 1 aliphatic rings. The number of hydrogen-bond donors (Lipinski definition) is 0. The molecular formula is C8H13O4. The lowest BCUT2D eigenvalue weighted by atomic mass is 10.1. The van der Waals surface area contributed by atoms with Gasteiger partial charge in [-0.05, 0) is 12.8 Å². The van der Waals surface area contributed by atoms with E-state index in [4.69, 9.17) is 0 Å². The SMILES string of the molecule is O=[C]C1CCCCCCOOO1. The first-order chi connectivity index (χ1) is 5.93. The van der Waals surface area contributed by atoms with Crippen molar-refractivity contribution in [2.75, 3.05) is 6.61 Å². The van der Waals surface area contributed by atoms with Crippen molar-refractivity contribution >= 4 is 6.29 Å². The van der Waals surface area contributed by atoms with Crippen molar-refractivity contribution in [2.45, 2.75) is 38.2 Å². The number of rotatable bonds is 1. The van der Waals surface area contributed by atoms with Gasteiger partial charge in [0.25, 0.3) is 0 Å². The smallest absolute Gasteiger partial charge is 0.233 e. The van der Waals surface area contributed by atoms with Crippen molar-refractivity contribution < 1.29 is 19.6 Å². The lowest BCUT2D eigenvalue weighted by Gasteiger charge is -2.11. The quantitative estimate of drug-likeness (QED) is 0.561. The van der Waals surface area contributed by atoms with Gasteiger partial charge in [0.15, 0.2) is 6.10 Å². The number of hydrogen-bond acceptors (Lipinski definition) is 4. The molecular weight excluding hydrogens is 160 g/mol. The summed E-state index contributed by atoms with van der Waals surface area (Å²) in [6.07, 6.45) is 5.96. The molecule has 1 atom stereocenters. The highest BCUT2D eigenvalue weighted by Crippen LogP contribution is 2.09. The van der Waals surface area contributed by atoms with Crippen LogP contribution < -0.4 is 0 Å². The highest BCUT2D eigenvalue weighted by molar-refractivity contribution is 5.56. The van der Waals surface area contributed by atoms with E-state index in [-0.39, 0.29) is 0 Å². The van der Waals surface area contributed by atoms with Crippen molar-refractivity contribution in [2.24, 2.45) is 0 Å². The van der Waals surface area contributed by atoms with Crippen LogP contribution in [0.25, 0.3) is 0 Å². The highest BCUT2D eigenvalue weighted by atomic mass is 17.5. The minimum Gasteiger partial charge on any atom is -0.288 e. The normalized spacial score (nSPS) is 27.8. The summed E-state index contributed by atoms with van der Waals surface area (Å²) in [5, 5.41) is 4.35. The van der Waals surface area contributed by atoms with Crippen LogP contribution in [-0.4, -0.2) is 19.0 Å². The predicted molar refractivity (Wildman–Crippen MR) is 40.7 cm³/mol. The van der Waals surface area contributed by atoms with Crippen LogP contribution in [-0.2, 0) is 19.6 Å². The molecule has 0 aromatic heterocycles. The van der Waals surface area contributed by atoms with E-state index >= 15 is 0 Å². The molecule has 12 heavy (non-hydrogen) atoms. The van der Waals surface area contributed by atoms with Gasteiger partial charge in [0.1, 0.15) is 0 Å². The summed E-state index contributed by atoms with van der Waals surface area (Å²) in [4.78, 5) is 19.5. The van der Waals surface area contributed by atoms with Crippen molar-refractivity contribution in [1.29, 1.82) is 0 Å². The average molecular weight is 173 g/mol. The Kier molecular flexibility index (Phi) is 4.91. The minimum atomic E-state index is -0.594. The Balaban J connectivity index is 2.21. The van der Waals surface area contributed by atoms with Gasteiger partial charge in [0.05, 0.1) is 6.61 Å². The fourth-order valence-electron chi connectivity index (χ4n) is 1.08. The van der Waals surface area contributed by atoms with E-state index in [9.17, 15) is 4.79 Å². The highest BCUT2D eigenvalue weighted by Gasteiger charge is 2.11. The Morgan fingerprint density at radius 2 is 2.00 bits per heavy atom. The van der Waals surface area contributed by atoms with E-state index in [0.717, 1.165) is 25.7 Å². The molecule has 1 aliphatic heterocycles. The summed E-state index contributed by atoms with van der Waals surface area (Å²) in [6.45, 7) is 0.519. The summed E-state index contributed by atoms with van der Waals surface area (Å²) >= 11 is 0. The summed E-state index contributed by atoms with van der Waals surface area (Å²) < 4.78 is 0. The van der Waals surface area contributed by atoms with Crippen LogP contribution in [0.2, 0.25) is 0 Å². The molecule has 0 saturated carbocycles. The van der Waals surface area contributed by atoms with Crippen molar-refractivity contribution in [3.8, 4) is 0 Å². The zero-order valence-electron chi connectivity index (χ0n) is 6.95. The first kappa shape index (κ1) is 9.64. The third-order valence-corrected chi connectivity index (χ3v) is 1.78. The third-order valence-electron chi connectivity index (χ3n) is 1.78. The van der Waals surface area contributed by atoms with Crippen LogP contribution in [0.1, 0.15) is 32.1 Å². The Morgan fingerprint density at radius 1 is 1.17 bits per heavy atom. The molecule has 1 saturated heterocycles. The Hall–Kier alpha value is -0.450. The lowest BCUT2D eigenvalue weighted by Crippen LogP contribution is -2.16. The van der Waals surface area contributed by atoms with Crippen molar-refractivity contribution in [3.63, 3.8) is 0 Å². The van der Waals surface area contributed by atoms with E-state index in [0.29, 0.717) is 13.0 Å². The van der Waals surface area contributed by atoms with Gasteiger partial charge < -0.3 is 0 Å². The van der Waals surface area contributed by atoms with Crippen LogP contribution >= 0.6 is 0 Å². The van der Waals surface area contributed by atoms with Gasteiger partial charge in [-0.25, -0.2) is 4.89 Å². The summed E-state index contributed by atoms with van der Waals surface area (Å²) in [7, 11) is 0. The van der Waals surface area contributed by atoms with Gasteiger partial charge in [-0.1, -0.05) is 24.3 Å². The maximum absolute atomic E-state index is 10.2. The van der Waals surface area contributed by atoms with E-state index < -0.39 is 6.10 Å². The molecule has 0 aromatic rings. The number of carbonyl (C=O) groups excluding carboxylic acids is 1.